The van der Waals surface area contributed by atoms with E-state index in [1.807, 2.05) is 6.07 Å². The van der Waals surface area contributed by atoms with E-state index in [0.29, 0.717) is 23.8 Å². The highest BCUT2D eigenvalue weighted by Crippen LogP contribution is 2.23. The molecule has 0 radical (unpaired) electrons. The van der Waals surface area contributed by atoms with Gasteiger partial charge in [-0.25, -0.2) is 8.42 Å². The molecule has 1 aliphatic rings. The molecule has 7 heteroatoms. The van der Waals surface area contributed by atoms with Gasteiger partial charge in [0.2, 0.25) is 15.9 Å². The average Bonchev–Trinajstić information content (AvgIpc) is 3.12. The molecule has 0 atom stereocenters. The number of nitrogens with zero attached hydrogens (tertiary/aromatic N) is 1. The van der Waals surface area contributed by atoms with Gasteiger partial charge >= 0.3 is 0 Å². The first kappa shape index (κ1) is 17.9. The SMILES string of the molecule is O=C(Cc1ccccc1Cl)Nc1cccc(S(=O)(=O)N2CCCC2)c1. The van der Waals surface area contributed by atoms with Crippen molar-refractivity contribution in [3.05, 3.63) is 59.1 Å². The molecular formula is C18H19ClN2O3S. The van der Waals surface area contributed by atoms with Gasteiger partial charge < -0.3 is 5.32 Å². The van der Waals surface area contributed by atoms with Gasteiger partial charge in [-0.3, -0.25) is 4.79 Å². The van der Waals surface area contributed by atoms with Gasteiger partial charge in [0.1, 0.15) is 0 Å². The Morgan fingerprint density at radius 3 is 2.52 bits per heavy atom. The van der Waals surface area contributed by atoms with Crippen LogP contribution < -0.4 is 5.32 Å². The van der Waals surface area contributed by atoms with Crippen LogP contribution in [0.5, 0.6) is 0 Å². The van der Waals surface area contributed by atoms with E-state index in [9.17, 15) is 13.2 Å². The predicted octanol–water partition coefficient (Wildman–Crippen LogP) is 3.31. The summed E-state index contributed by atoms with van der Waals surface area (Å²) >= 11 is 6.06. The maximum absolute atomic E-state index is 12.6. The molecule has 2 aromatic carbocycles. The molecule has 5 nitrogen and oxygen atoms in total. The van der Waals surface area contributed by atoms with Crippen molar-refractivity contribution in [2.24, 2.45) is 0 Å². The molecule has 1 aliphatic heterocycles. The van der Waals surface area contributed by atoms with Crippen molar-refractivity contribution in [2.75, 3.05) is 18.4 Å². The van der Waals surface area contributed by atoms with E-state index in [1.54, 1.807) is 36.4 Å². The van der Waals surface area contributed by atoms with Crippen LogP contribution in [0.2, 0.25) is 5.02 Å². The lowest BCUT2D eigenvalue weighted by atomic mass is 10.1. The summed E-state index contributed by atoms with van der Waals surface area (Å²) in [7, 11) is -3.50. The van der Waals surface area contributed by atoms with Crippen LogP contribution in [0.4, 0.5) is 5.69 Å². The summed E-state index contributed by atoms with van der Waals surface area (Å²) in [5.41, 5.74) is 1.18. The minimum absolute atomic E-state index is 0.128. The smallest absolute Gasteiger partial charge is 0.243 e. The van der Waals surface area contributed by atoms with Crippen LogP contribution in [0, 0.1) is 0 Å². The number of hydrogen-bond donors (Lipinski definition) is 1. The third-order valence-corrected chi connectivity index (χ3v) is 6.39. The molecule has 0 saturated carbocycles. The molecule has 0 aliphatic carbocycles. The lowest BCUT2D eigenvalue weighted by Gasteiger charge is -2.16. The minimum Gasteiger partial charge on any atom is -0.326 e. The molecule has 1 N–H and O–H groups in total. The second kappa shape index (κ2) is 7.56. The zero-order valence-electron chi connectivity index (χ0n) is 13.6. The Bertz CT molecular complexity index is 877. The highest BCUT2D eigenvalue weighted by molar-refractivity contribution is 7.89. The Hall–Kier alpha value is -1.89. The largest absolute Gasteiger partial charge is 0.326 e. The summed E-state index contributed by atoms with van der Waals surface area (Å²) in [5, 5.41) is 3.27. The monoisotopic (exact) mass is 378 g/mol. The standard InChI is InChI=1S/C18H19ClN2O3S/c19-17-9-2-1-6-14(17)12-18(22)20-15-7-5-8-16(13-15)25(23,24)21-10-3-4-11-21/h1-2,5-9,13H,3-4,10-12H2,(H,20,22). The van der Waals surface area contributed by atoms with E-state index in [4.69, 9.17) is 11.6 Å². The van der Waals surface area contributed by atoms with E-state index in [2.05, 4.69) is 5.32 Å². The van der Waals surface area contributed by atoms with Gasteiger partial charge in [0.25, 0.3) is 0 Å². The number of nitrogens with one attached hydrogen (secondary N) is 1. The van der Waals surface area contributed by atoms with Crippen LogP contribution in [-0.2, 0) is 21.2 Å². The van der Waals surface area contributed by atoms with Crippen molar-refractivity contribution in [1.29, 1.82) is 0 Å². The van der Waals surface area contributed by atoms with E-state index in [0.717, 1.165) is 18.4 Å². The summed E-state index contributed by atoms with van der Waals surface area (Å²) in [6.07, 6.45) is 1.89. The van der Waals surface area contributed by atoms with Crippen LogP contribution in [0.15, 0.2) is 53.4 Å². The molecule has 1 heterocycles. The number of benzene rings is 2. The van der Waals surface area contributed by atoms with Gasteiger partial charge in [-0.05, 0) is 42.7 Å². The Morgan fingerprint density at radius 1 is 1.08 bits per heavy atom. The van der Waals surface area contributed by atoms with Crippen LogP contribution in [0.3, 0.4) is 0 Å². The lowest BCUT2D eigenvalue weighted by Crippen LogP contribution is -2.28. The normalized spacial score (nSPS) is 15.2. The molecule has 3 rings (SSSR count). The highest BCUT2D eigenvalue weighted by Gasteiger charge is 2.27. The number of carbonyl (C=O) groups excluding carboxylic acids is 1. The zero-order chi connectivity index (χ0) is 17.9. The molecule has 1 saturated heterocycles. The number of sulfonamides is 1. The maximum Gasteiger partial charge on any atom is 0.243 e. The van der Waals surface area contributed by atoms with Crippen molar-refractivity contribution in [3.8, 4) is 0 Å². The fourth-order valence-electron chi connectivity index (χ4n) is 2.83. The Balaban J connectivity index is 1.73. The summed E-state index contributed by atoms with van der Waals surface area (Å²) in [5.74, 6) is -0.246. The molecule has 1 amide bonds. The van der Waals surface area contributed by atoms with Crippen molar-refractivity contribution in [2.45, 2.75) is 24.2 Å². The first-order valence-corrected chi connectivity index (χ1v) is 9.92. The van der Waals surface area contributed by atoms with E-state index in [1.165, 1.54) is 10.4 Å². The quantitative estimate of drug-likeness (QED) is 0.868. The topological polar surface area (TPSA) is 66.5 Å². The summed E-state index contributed by atoms with van der Waals surface area (Å²) in [6.45, 7) is 1.09. The Kier molecular flexibility index (Phi) is 5.42. The summed E-state index contributed by atoms with van der Waals surface area (Å²) in [6, 6.07) is 13.5. The van der Waals surface area contributed by atoms with E-state index < -0.39 is 10.0 Å². The van der Waals surface area contributed by atoms with E-state index in [-0.39, 0.29) is 17.2 Å². The number of rotatable bonds is 5. The number of anilines is 1. The lowest BCUT2D eigenvalue weighted by molar-refractivity contribution is -0.115. The minimum atomic E-state index is -3.50. The van der Waals surface area contributed by atoms with E-state index >= 15 is 0 Å². The second-order valence-electron chi connectivity index (χ2n) is 5.96. The van der Waals surface area contributed by atoms with Crippen molar-refractivity contribution in [1.82, 2.24) is 4.31 Å². The predicted molar refractivity (Wildman–Crippen MR) is 98.2 cm³/mol. The van der Waals surface area contributed by atoms with Crippen molar-refractivity contribution >= 4 is 33.2 Å². The van der Waals surface area contributed by atoms with Gasteiger partial charge in [-0.2, -0.15) is 4.31 Å². The van der Waals surface area contributed by atoms with Crippen LogP contribution in [0.25, 0.3) is 0 Å². The zero-order valence-corrected chi connectivity index (χ0v) is 15.2. The summed E-state index contributed by atoms with van der Waals surface area (Å²) in [4.78, 5) is 12.4. The number of carbonyl (C=O) groups is 1. The third-order valence-electron chi connectivity index (χ3n) is 4.13. The maximum atomic E-state index is 12.6. The Labute approximate surface area is 152 Å². The molecule has 132 valence electrons. The average molecular weight is 379 g/mol. The van der Waals surface area contributed by atoms with Crippen LogP contribution in [0.1, 0.15) is 18.4 Å². The first-order valence-electron chi connectivity index (χ1n) is 8.10. The third kappa shape index (κ3) is 4.21. The number of hydrogen-bond acceptors (Lipinski definition) is 3. The van der Waals surface area contributed by atoms with Crippen LogP contribution in [-0.4, -0.2) is 31.7 Å². The molecule has 0 spiro atoms. The molecule has 1 fully saturated rings. The Morgan fingerprint density at radius 2 is 1.80 bits per heavy atom. The van der Waals surface area contributed by atoms with Crippen molar-refractivity contribution in [3.63, 3.8) is 0 Å². The molecule has 0 bridgehead atoms. The fourth-order valence-corrected chi connectivity index (χ4v) is 4.60. The number of halogens is 1. The van der Waals surface area contributed by atoms with Gasteiger partial charge in [-0.1, -0.05) is 35.9 Å². The molecule has 2 aromatic rings. The molecule has 25 heavy (non-hydrogen) atoms. The van der Waals surface area contributed by atoms with Crippen LogP contribution >= 0.6 is 11.6 Å². The van der Waals surface area contributed by atoms with Gasteiger partial charge in [0, 0.05) is 23.8 Å². The fraction of sp³-hybridized carbons (Fsp3) is 0.278. The van der Waals surface area contributed by atoms with Gasteiger partial charge in [-0.15, -0.1) is 0 Å². The second-order valence-corrected chi connectivity index (χ2v) is 8.30. The van der Waals surface area contributed by atoms with Gasteiger partial charge in [0.15, 0.2) is 0 Å². The summed E-state index contributed by atoms with van der Waals surface area (Å²) < 4.78 is 26.7. The highest BCUT2D eigenvalue weighted by atomic mass is 35.5. The molecular weight excluding hydrogens is 360 g/mol. The molecule has 0 unspecified atom stereocenters. The number of amides is 1. The van der Waals surface area contributed by atoms with Crippen molar-refractivity contribution < 1.29 is 13.2 Å². The molecule has 0 aromatic heterocycles. The van der Waals surface area contributed by atoms with Gasteiger partial charge in [0.05, 0.1) is 11.3 Å². The first-order chi connectivity index (χ1) is 12.0.